The van der Waals surface area contributed by atoms with Crippen molar-refractivity contribution in [1.82, 2.24) is 15.2 Å². The second-order valence-electron chi connectivity index (χ2n) is 7.11. The van der Waals surface area contributed by atoms with Gasteiger partial charge in [0, 0.05) is 48.3 Å². The summed E-state index contributed by atoms with van der Waals surface area (Å²) in [6.07, 6.45) is 1.44. The number of carbonyl (C=O) groups is 1. The van der Waals surface area contributed by atoms with Crippen molar-refractivity contribution in [2.45, 2.75) is 13.1 Å². The van der Waals surface area contributed by atoms with Crippen LogP contribution in [-0.2, 0) is 17.8 Å². The highest BCUT2D eigenvalue weighted by molar-refractivity contribution is 6.31. The summed E-state index contributed by atoms with van der Waals surface area (Å²) in [5, 5.41) is 3.67. The Bertz CT molecular complexity index is 1070. The lowest BCUT2D eigenvalue weighted by molar-refractivity contribution is 0.0342. The second-order valence-corrected chi connectivity index (χ2v) is 7.55. The van der Waals surface area contributed by atoms with Crippen LogP contribution >= 0.6 is 11.6 Å². The molecule has 0 aliphatic carbocycles. The van der Waals surface area contributed by atoms with Gasteiger partial charge in [-0.1, -0.05) is 35.9 Å². The number of H-pyrrole nitrogens is 1. The number of aromatic nitrogens is 1. The number of hydrogen-bond donors (Lipinski definition) is 2. The molecule has 2 aromatic carbocycles. The third kappa shape index (κ3) is 4.67. The van der Waals surface area contributed by atoms with E-state index in [1.807, 2.05) is 12.1 Å². The van der Waals surface area contributed by atoms with Gasteiger partial charge in [0.15, 0.2) is 0 Å². The fourth-order valence-electron chi connectivity index (χ4n) is 3.42. The average molecular weight is 412 g/mol. The zero-order valence-corrected chi connectivity index (χ0v) is 16.7. The van der Waals surface area contributed by atoms with E-state index in [1.54, 1.807) is 18.2 Å². The number of ether oxygens (including phenoxy) is 1. The molecule has 0 bridgehead atoms. The van der Waals surface area contributed by atoms with Crippen LogP contribution in [0.5, 0.6) is 0 Å². The van der Waals surface area contributed by atoms with Crippen LogP contribution < -0.4 is 10.7 Å². The Morgan fingerprint density at radius 2 is 1.83 bits per heavy atom. The molecule has 3 aromatic rings. The fraction of sp³-hybridized carbons (Fsp3) is 0.273. The van der Waals surface area contributed by atoms with Crippen LogP contribution in [0.1, 0.15) is 21.5 Å². The van der Waals surface area contributed by atoms with Gasteiger partial charge in [-0.05, 0) is 29.3 Å². The predicted molar refractivity (Wildman–Crippen MR) is 113 cm³/mol. The minimum absolute atomic E-state index is 0.0729. The fourth-order valence-corrected chi connectivity index (χ4v) is 3.59. The zero-order valence-electron chi connectivity index (χ0n) is 15.9. The number of morpholine rings is 1. The van der Waals surface area contributed by atoms with Crippen molar-refractivity contribution in [3.63, 3.8) is 0 Å². The van der Waals surface area contributed by atoms with E-state index >= 15 is 0 Å². The highest BCUT2D eigenvalue weighted by atomic mass is 35.5. The lowest BCUT2D eigenvalue weighted by atomic mass is 10.1. The molecule has 1 aromatic heterocycles. The van der Waals surface area contributed by atoms with Crippen LogP contribution in [0.3, 0.4) is 0 Å². The number of aromatic amines is 1. The van der Waals surface area contributed by atoms with Crippen molar-refractivity contribution >= 4 is 28.4 Å². The Kier molecular flexibility index (Phi) is 5.94. The van der Waals surface area contributed by atoms with Crippen LogP contribution in [0.4, 0.5) is 0 Å². The summed E-state index contributed by atoms with van der Waals surface area (Å²) in [5.41, 5.74) is 2.59. The Morgan fingerprint density at radius 1 is 1.10 bits per heavy atom. The highest BCUT2D eigenvalue weighted by Crippen LogP contribution is 2.15. The van der Waals surface area contributed by atoms with Gasteiger partial charge in [-0.25, -0.2) is 0 Å². The van der Waals surface area contributed by atoms with Crippen molar-refractivity contribution in [1.29, 1.82) is 0 Å². The molecule has 4 rings (SSSR count). The maximum atomic E-state index is 12.6. The molecule has 150 valence electrons. The highest BCUT2D eigenvalue weighted by Gasteiger charge is 2.14. The van der Waals surface area contributed by atoms with E-state index in [2.05, 4.69) is 27.3 Å². The Labute approximate surface area is 173 Å². The first kappa shape index (κ1) is 19.6. The summed E-state index contributed by atoms with van der Waals surface area (Å²) in [6, 6.07) is 13.1. The lowest BCUT2D eigenvalue weighted by Crippen LogP contribution is -2.35. The zero-order chi connectivity index (χ0) is 20.2. The van der Waals surface area contributed by atoms with Gasteiger partial charge in [0.05, 0.1) is 13.2 Å². The Hall–Kier alpha value is -2.67. The maximum absolute atomic E-state index is 12.6. The standard InChI is InChI=1S/C22H22ClN3O3/c23-17-5-6-20-18(11-17)21(27)19(13-24-20)22(28)25-12-15-1-3-16(4-2-15)14-26-7-9-29-10-8-26/h1-6,11,13H,7-10,12,14H2,(H,24,27)(H,25,28). The van der Waals surface area contributed by atoms with E-state index in [0.717, 1.165) is 38.4 Å². The third-order valence-electron chi connectivity index (χ3n) is 5.07. The molecule has 0 spiro atoms. The number of rotatable bonds is 5. The normalized spacial score (nSPS) is 14.8. The number of halogens is 1. The minimum atomic E-state index is -0.412. The van der Waals surface area contributed by atoms with E-state index in [1.165, 1.54) is 11.8 Å². The summed E-state index contributed by atoms with van der Waals surface area (Å²) >= 11 is 5.98. The van der Waals surface area contributed by atoms with Gasteiger partial charge in [0.2, 0.25) is 5.43 Å². The lowest BCUT2D eigenvalue weighted by Gasteiger charge is -2.26. The van der Waals surface area contributed by atoms with Crippen LogP contribution in [-0.4, -0.2) is 42.1 Å². The van der Waals surface area contributed by atoms with Gasteiger partial charge in [-0.15, -0.1) is 0 Å². The molecule has 29 heavy (non-hydrogen) atoms. The Balaban J connectivity index is 1.40. The summed E-state index contributed by atoms with van der Waals surface area (Å²) in [4.78, 5) is 30.5. The van der Waals surface area contributed by atoms with Gasteiger partial charge < -0.3 is 15.0 Å². The largest absolute Gasteiger partial charge is 0.379 e. The predicted octanol–water partition coefficient (Wildman–Crippen LogP) is 2.94. The number of nitrogens with one attached hydrogen (secondary N) is 2. The first-order valence-electron chi connectivity index (χ1n) is 9.57. The van der Waals surface area contributed by atoms with Gasteiger partial charge in [0.25, 0.3) is 5.91 Å². The number of amides is 1. The van der Waals surface area contributed by atoms with Gasteiger partial charge >= 0.3 is 0 Å². The van der Waals surface area contributed by atoms with Crippen molar-refractivity contribution in [2.75, 3.05) is 26.3 Å². The molecule has 1 aliphatic rings. The second kappa shape index (κ2) is 8.78. The molecular weight excluding hydrogens is 390 g/mol. The number of benzene rings is 2. The molecule has 6 nitrogen and oxygen atoms in total. The number of nitrogens with zero attached hydrogens (tertiary/aromatic N) is 1. The summed E-state index contributed by atoms with van der Waals surface area (Å²) in [7, 11) is 0. The molecule has 1 fully saturated rings. The molecule has 0 radical (unpaired) electrons. The first-order valence-corrected chi connectivity index (χ1v) is 9.95. The molecule has 0 saturated carbocycles. The van der Waals surface area contributed by atoms with E-state index in [0.29, 0.717) is 22.5 Å². The number of fused-ring (bicyclic) bond motifs is 1. The van der Waals surface area contributed by atoms with E-state index in [9.17, 15) is 9.59 Å². The molecule has 2 heterocycles. The molecule has 1 aliphatic heterocycles. The molecular formula is C22H22ClN3O3. The van der Waals surface area contributed by atoms with E-state index in [4.69, 9.17) is 16.3 Å². The summed E-state index contributed by atoms with van der Waals surface area (Å²) < 4.78 is 5.37. The van der Waals surface area contributed by atoms with Crippen molar-refractivity contribution in [3.8, 4) is 0 Å². The van der Waals surface area contributed by atoms with E-state index in [-0.39, 0.29) is 11.0 Å². The van der Waals surface area contributed by atoms with Crippen molar-refractivity contribution in [2.24, 2.45) is 0 Å². The monoisotopic (exact) mass is 411 g/mol. The topological polar surface area (TPSA) is 74.4 Å². The van der Waals surface area contributed by atoms with Gasteiger partial charge in [-0.3, -0.25) is 14.5 Å². The van der Waals surface area contributed by atoms with Crippen LogP contribution in [0.15, 0.2) is 53.5 Å². The third-order valence-corrected chi connectivity index (χ3v) is 5.31. The van der Waals surface area contributed by atoms with Crippen molar-refractivity contribution in [3.05, 3.63) is 80.6 Å². The van der Waals surface area contributed by atoms with Gasteiger partial charge in [-0.2, -0.15) is 0 Å². The summed E-state index contributed by atoms with van der Waals surface area (Å²) in [6.45, 7) is 4.70. The quantitative estimate of drug-likeness (QED) is 0.677. The van der Waals surface area contributed by atoms with Crippen LogP contribution in [0.2, 0.25) is 5.02 Å². The minimum Gasteiger partial charge on any atom is -0.379 e. The number of carbonyl (C=O) groups excluding carboxylic acids is 1. The van der Waals surface area contributed by atoms with Gasteiger partial charge in [0.1, 0.15) is 5.56 Å². The summed E-state index contributed by atoms with van der Waals surface area (Å²) in [5.74, 6) is -0.412. The molecule has 1 saturated heterocycles. The smallest absolute Gasteiger partial charge is 0.257 e. The molecule has 2 N–H and O–H groups in total. The van der Waals surface area contributed by atoms with Crippen LogP contribution in [0.25, 0.3) is 10.9 Å². The molecule has 0 unspecified atom stereocenters. The van der Waals surface area contributed by atoms with E-state index < -0.39 is 5.91 Å². The number of hydrogen-bond acceptors (Lipinski definition) is 4. The average Bonchev–Trinajstić information content (AvgIpc) is 2.74. The Morgan fingerprint density at radius 3 is 2.59 bits per heavy atom. The molecule has 1 amide bonds. The molecule has 7 heteroatoms. The maximum Gasteiger partial charge on any atom is 0.257 e. The van der Waals surface area contributed by atoms with Crippen molar-refractivity contribution < 1.29 is 9.53 Å². The molecule has 0 atom stereocenters. The first-order chi connectivity index (χ1) is 14.1. The van der Waals surface area contributed by atoms with Crippen LogP contribution in [0, 0.1) is 0 Å². The SMILES string of the molecule is O=C(NCc1ccc(CN2CCOCC2)cc1)c1c[nH]c2ccc(Cl)cc2c1=O. The number of pyridine rings is 1.